The molecular formula is C130H87N3OS2. The maximum Gasteiger partial charge on any atom is 0.159 e. The molecule has 0 N–H and O–H groups in total. The Hall–Kier alpha value is -16.5. The molecule has 0 atom stereocenters. The molecule has 3 heterocycles. The third-order valence-electron chi connectivity index (χ3n) is 29.4. The van der Waals surface area contributed by atoms with E-state index < -0.39 is 0 Å². The highest BCUT2D eigenvalue weighted by molar-refractivity contribution is 7.26. The first-order valence-corrected chi connectivity index (χ1v) is 48.7. The normalized spacial score (nSPS) is 13.0. The van der Waals surface area contributed by atoms with E-state index in [1.54, 1.807) is 0 Å². The van der Waals surface area contributed by atoms with Gasteiger partial charge in [-0.2, -0.15) is 0 Å². The van der Waals surface area contributed by atoms with Crippen LogP contribution in [0.1, 0.15) is 49.9 Å². The van der Waals surface area contributed by atoms with Gasteiger partial charge in [-0.05, 0) is 268 Å². The molecule has 6 heteroatoms. The van der Waals surface area contributed by atoms with E-state index in [1.165, 1.54) is 204 Å². The number of hydrogen-bond donors (Lipinski definition) is 0. The fourth-order valence-electron chi connectivity index (χ4n) is 23.3. The molecule has 0 saturated heterocycles. The quantitative estimate of drug-likeness (QED) is 0.134. The van der Waals surface area contributed by atoms with E-state index in [0.717, 1.165) is 61.8 Å². The molecule has 27 aromatic rings. The second-order valence-electron chi connectivity index (χ2n) is 37.6. The Labute approximate surface area is 794 Å². The van der Waals surface area contributed by atoms with Crippen molar-refractivity contribution in [1.29, 1.82) is 0 Å². The van der Waals surface area contributed by atoms with Crippen LogP contribution < -0.4 is 14.7 Å². The number of nitrogens with zero attached hydrogens (tertiary/aromatic N) is 3. The van der Waals surface area contributed by atoms with Crippen LogP contribution in [-0.4, -0.2) is 0 Å². The highest BCUT2D eigenvalue weighted by Gasteiger charge is 2.40. The molecule has 0 radical (unpaired) electrons. The van der Waals surface area contributed by atoms with Crippen LogP contribution in [0.15, 0.2) is 459 Å². The zero-order valence-electron chi connectivity index (χ0n) is 75.4. The van der Waals surface area contributed by atoms with Crippen molar-refractivity contribution < 1.29 is 4.42 Å². The van der Waals surface area contributed by atoms with Crippen LogP contribution >= 0.6 is 22.7 Å². The maximum absolute atomic E-state index is 6.52. The zero-order chi connectivity index (χ0) is 90.2. The van der Waals surface area contributed by atoms with Crippen LogP contribution in [0.4, 0.5) is 51.2 Å². The average molecular weight is 1770 g/mol. The molecule has 2 aliphatic rings. The van der Waals surface area contributed by atoms with Crippen LogP contribution in [0, 0.1) is 0 Å². The van der Waals surface area contributed by atoms with Crippen molar-refractivity contribution in [1.82, 2.24) is 0 Å². The van der Waals surface area contributed by atoms with Crippen molar-refractivity contribution >= 4 is 244 Å². The second kappa shape index (κ2) is 31.1. The Balaban J connectivity index is 0.000000104. The van der Waals surface area contributed by atoms with E-state index in [4.69, 9.17) is 4.42 Å². The van der Waals surface area contributed by atoms with Gasteiger partial charge in [0, 0.05) is 101 Å². The van der Waals surface area contributed by atoms with Crippen molar-refractivity contribution in [2.45, 2.75) is 38.5 Å². The highest BCUT2D eigenvalue weighted by Crippen LogP contribution is 2.58. The summed E-state index contributed by atoms with van der Waals surface area (Å²) < 4.78 is 11.9. The summed E-state index contributed by atoms with van der Waals surface area (Å²) in [6, 6.07) is 167. The number of para-hydroxylation sites is 5. The Morgan fingerprint density at radius 1 is 0.199 bits per heavy atom. The molecule has 2 aliphatic carbocycles. The molecule has 0 amide bonds. The summed E-state index contributed by atoms with van der Waals surface area (Å²) in [6.45, 7) is 9.47. The predicted molar refractivity (Wildman–Crippen MR) is 587 cm³/mol. The van der Waals surface area contributed by atoms with Gasteiger partial charge in [0.15, 0.2) is 5.58 Å². The van der Waals surface area contributed by atoms with Crippen molar-refractivity contribution in [3.8, 4) is 22.3 Å². The van der Waals surface area contributed by atoms with Gasteiger partial charge < -0.3 is 19.1 Å². The van der Waals surface area contributed by atoms with Crippen LogP contribution in [0.2, 0.25) is 0 Å². The summed E-state index contributed by atoms with van der Waals surface area (Å²) in [5.41, 5.74) is 22.9. The average Bonchev–Trinajstić information content (AvgIpc) is 1.51. The molecule has 29 rings (SSSR count). The van der Waals surface area contributed by atoms with E-state index >= 15 is 0 Å². The summed E-state index contributed by atoms with van der Waals surface area (Å²) in [5, 5.41) is 33.4. The van der Waals surface area contributed by atoms with Gasteiger partial charge in [0.25, 0.3) is 0 Å². The number of rotatable bonds is 9. The standard InChI is InChI=1S/C48H37N.C42H25NOS.C40H25NS/c1-47(2)41-19-11-9-16-39(41)45-37-25-23-30-21-22-31-29-33(24-26-34(31)44(30)36(37)27-28-42(45)47)49(32-13-6-5-7-14-32)43-20-12-17-38-35-15-8-10-18-40(35)48(3,4)46(38)43;1-2-9-28(10-3-1)43(36-14-8-13-34-31-11-4-6-15-37(31)44-42(34)36)29-20-22-30-27(25-29)18-17-26-19-21-33-32(40(26)30)23-24-39-41(33)35-12-5-7-16-38(35)45-39;1-2-11-29(12-3-1)41(36-15-8-10-26-9-4-5-13-31(26)36)30-20-22-32-28(25-30)18-17-27-19-21-34-33(39(27)32)23-24-38-40(34)35-14-6-7-16-37(35)42-38/h5-29H,1-4H3;1-25H;1-25H. The fourth-order valence-corrected chi connectivity index (χ4v) is 25.5. The molecule has 0 bridgehead atoms. The third-order valence-corrected chi connectivity index (χ3v) is 31.7. The number of benzene rings is 24. The Bertz CT molecular complexity index is 9660. The largest absolute Gasteiger partial charge is 0.454 e. The molecule has 0 unspecified atom stereocenters. The van der Waals surface area contributed by atoms with Gasteiger partial charge >= 0.3 is 0 Å². The molecule has 0 fully saturated rings. The van der Waals surface area contributed by atoms with E-state index in [-0.39, 0.29) is 10.8 Å². The lowest BCUT2D eigenvalue weighted by molar-refractivity contribution is 0.660. The molecule has 0 saturated carbocycles. The summed E-state index contributed by atoms with van der Waals surface area (Å²) in [5.74, 6) is 0. The minimum absolute atomic E-state index is 0.0167. The molecule has 24 aromatic carbocycles. The number of thiophene rings is 2. The monoisotopic (exact) mass is 1770 g/mol. The fraction of sp³-hybridized carbons (Fsp3) is 0.0462. The first-order chi connectivity index (χ1) is 67.0. The third kappa shape index (κ3) is 12.3. The maximum atomic E-state index is 6.52. The van der Waals surface area contributed by atoms with Gasteiger partial charge in [-0.25, -0.2) is 0 Å². The summed E-state index contributed by atoms with van der Waals surface area (Å²) >= 11 is 3.76. The van der Waals surface area contributed by atoms with E-state index in [0.29, 0.717) is 0 Å². The van der Waals surface area contributed by atoms with Crippen molar-refractivity contribution in [2.75, 3.05) is 14.7 Å². The van der Waals surface area contributed by atoms with Crippen molar-refractivity contribution in [2.24, 2.45) is 0 Å². The van der Waals surface area contributed by atoms with Crippen LogP contribution in [-0.2, 0) is 10.8 Å². The summed E-state index contributed by atoms with van der Waals surface area (Å²) in [4.78, 5) is 7.17. The van der Waals surface area contributed by atoms with Crippen LogP contribution in [0.3, 0.4) is 0 Å². The molecule has 0 spiro atoms. The first-order valence-electron chi connectivity index (χ1n) is 47.1. The van der Waals surface area contributed by atoms with E-state index in [2.05, 4.69) is 485 Å². The summed E-state index contributed by atoms with van der Waals surface area (Å²) in [7, 11) is 0. The van der Waals surface area contributed by atoms with E-state index in [9.17, 15) is 0 Å². The lowest BCUT2D eigenvalue weighted by Crippen LogP contribution is -2.20. The topological polar surface area (TPSA) is 22.9 Å². The van der Waals surface area contributed by atoms with Crippen molar-refractivity contribution in [3.05, 3.63) is 477 Å². The van der Waals surface area contributed by atoms with Crippen LogP contribution in [0.5, 0.6) is 0 Å². The number of anilines is 9. The molecule has 0 aliphatic heterocycles. The Morgan fingerprint density at radius 2 is 0.566 bits per heavy atom. The predicted octanol–water partition coefficient (Wildman–Crippen LogP) is 38.2. The molecule has 3 aromatic heterocycles. The lowest BCUT2D eigenvalue weighted by atomic mass is 9.81. The molecular weight excluding hydrogens is 1680 g/mol. The zero-order valence-corrected chi connectivity index (χ0v) is 77.0. The Morgan fingerprint density at radius 3 is 1.13 bits per heavy atom. The van der Waals surface area contributed by atoms with Gasteiger partial charge in [-0.3, -0.25) is 0 Å². The first kappa shape index (κ1) is 79.3. The number of hydrogen-bond acceptors (Lipinski definition) is 6. The van der Waals surface area contributed by atoms with Gasteiger partial charge in [0.05, 0.1) is 17.1 Å². The van der Waals surface area contributed by atoms with Gasteiger partial charge in [0.2, 0.25) is 0 Å². The minimum atomic E-state index is -0.130. The molecule has 136 heavy (non-hydrogen) atoms. The van der Waals surface area contributed by atoms with Gasteiger partial charge in [0.1, 0.15) is 5.58 Å². The van der Waals surface area contributed by atoms with Crippen molar-refractivity contribution in [3.63, 3.8) is 0 Å². The Kier molecular flexibility index (Phi) is 18.1. The number of furan rings is 1. The smallest absolute Gasteiger partial charge is 0.159 e. The SMILES string of the molecule is CC1(C)c2ccccc2-c2c1ccc1c2ccc2ccc3cc(N(c4ccccc4)c4cccc5c4C(C)(C)c4ccccc4-5)ccc3c21.c1ccc(N(c2ccc3c(ccc4ccc5c(ccc6sc7ccccc7c65)c43)c2)c2cccc3c2oc2ccccc23)cc1.c1ccc(N(c2ccc3c(ccc4ccc5c(ccc6sc7ccccc7c65)c43)c2)c2cccc3ccccc23)cc1. The lowest BCUT2D eigenvalue weighted by Gasteiger charge is -2.32. The minimum Gasteiger partial charge on any atom is -0.454 e. The van der Waals surface area contributed by atoms with E-state index in [1.807, 2.05) is 34.8 Å². The summed E-state index contributed by atoms with van der Waals surface area (Å²) in [6.07, 6.45) is 0. The van der Waals surface area contributed by atoms with Crippen LogP contribution in [0.25, 0.3) is 192 Å². The molecule has 4 nitrogen and oxygen atoms in total. The number of fused-ring (bicyclic) bond motifs is 34. The second-order valence-corrected chi connectivity index (χ2v) is 39.7. The van der Waals surface area contributed by atoms with Gasteiger partial charge in [-0.15, -0.1) is 22.7 Å². The highest BCUT2D eigenvalue weighted by atomic mass is 32.1. The molecule has 640 valence electrons. The van der Waals surface area contributed by atoms with Gasteiger partial charge in [-0.1, -0.05) is 361 Å².